The molecule has 2 rings (SSSR count). The van der Waals surface area contributed by atoms with Crippen LogP contribution in [-0.4, -0.2) is 7.05 Å². The first kappa shape index (κ1) is 14.4. The lowest BCUT2D eigenvalue weighted by atomic mass is 9.93. The summed E-state index contributed by atoms with van der Waals surface area (Å²) in [7, 11) is 1.95. The van der Waals surface area contributed by atoms with Gasteiger partial charge in [0.25, 0.3) is 0 Å². The topological polar surface area (TPSA) is 12.0 Å². The fourth-order valence-corrected chi connectivity index (χ4v) is 2.87. The molecule has 1 N–H and O–H groups in total. The van der Waals surface area contributed by atoms with E-state index in [0.29, 0.717) is 10.0 Å². The minimum atomic E-state index is 0.0842. The summed E-state index contributed by atoms with van der Waals surface area (Å²) in [5.74, 6) is 0. The molecule has 0 aliphatic heterocycles. The van der Waals surface area contributed by atoms with E-state index < -0.39 is 0 Å². The molecule has 0 bridgehead atoms. The van der Waals surface area contributed by atoms with Crippen molar-refractivity contribution >= 4 is 23.2 Å². The van der Waals surface area contributed by atoms with E-state index in [0.717, 1.165) is 12.0 Å². The molecule has 1 atom stereocenters. The van der Waals surface area contributed by atoms with Crippen molar-refractivity contribution in [2.24, 2.45) is 0 Å². The van der Waals surface area contributed by atoms with Crippen molar-refractivity contribution in [3.8, 4) is 0 Å². The highest BCUT2D eigenvalue weighted by atomic mass is 35.5. The molecule has 2 aromatic rings. The number of benzene rings is 2. The molecule has 0 aromatic heterocycles. The third-order valence-electron chi connectivity index (χ3n) is 3.31. The second kappa shape index (κ2) is 6.42. The van der Waals surface area contributed by atoms with Crippen LogP contribution in [0, 0.1) is 0 Å². The minimum Gasteiger partial charge on any atom is -0.309 e. The molecule has 2 aromatic carbocycles. The van der Waals surface area contributed by atoms with Gasteiger partial charge >= 0.3 is 0 Å². The lowest BCUT2D eigenvalue weighted by molar-refractivity contribution is 0.684. The number of aryl methyl sites for hydroxylation is 1. The highest BCUT2D eigenvalue weighted by Gasteiger charge is 2.17. The Morgan fingerprint density at radius 2 is 1.79 bits per heavy atom. The molecule has 1 unspecified atom stereocenters. The van der Waals surface area contributed by atoms with Crippen molar-refractivity contribution < 1.29 is 0 Å². The molecule has 0 radical (unpaired) electrons. The van der Waals surface area contributed by atoms with Crippen LogP contribution in [0.2, 0.25) is 10.0 Å². The number of rotatable bonds is 4. The van der Waals surface area contributed by atoms with Crippen LogP contribution in [-0.2, 0) is 6.42 Å². The first-order valence-corrected chi connectivity index (χ1v) is 7.13. The molecule has 0 saturated carbocycles. The second-order valence-electron chi connectivity index (χ2n) is 4.44. The van der Waals surface area contributed by atoms with Crippen LogP contribution in [0.3, 0.4) is 0 Å². The first-order valence-electron chi connectivity index (χ1n) is 6.37. The number of hydrogen-bond acceptors (Lipinski definition) is 1. The standard InChI is InChI=1S/C16H17Cl2N/c1-3-11-6-4-5-7-13(11)16(19-2)14-9-8-12(17)10-15(14)18/h4-10,16,19H,3H2,1-2H3. The summed E-state index contributed by atoms with van der Waals surface area (Å²) in [4.78, 5) is 0. The number of nitrogens with one attached hydrogen (secondary N) is 1. The van der Waals surface area contributed by atoms with Crippen LogP contribution in [0.25, 0.3) is 0 Å². The van der Waals surface area contributed by atoms with Gasteiger partial charge in [-0.15, -0.1) is 0 Å². The monoisotopic (exact) mass is 293 g/mol. The molecule has 3 heteroatoms. The van der Waals surface area contributed by atoms with Crippen LogP contribution in [0.5, 0.6) is 0 Å². The van der Waals surface area contributed by atoms with Crippen molar-refractivity contribution in [1.82, 2.24) is 5.32 Å². The lowest BCUT2D eigenvalue weighted by Crippen LogP contribution is -2.19. The van der Waals surface area contributed by atoms with Gasteiger partial charge in [0.05, 0.1) is 6.04 Å². The molecule has 0 amide bonds. The van der Waals surface area contributed by atoms with Gasteiger partial charge in [-0.1, -0.05) is 60.5 Å². The fourth-order valence-electron chi connectivity index (χ4n) is 2.35. The molecular formula is C16H17Cl2N. The van der Waals surface area contributed by atoms with Gasteiger partial charge in [-0.2, -0.15) is 0 Å². The zero-order valence-corrected chi connectivity index (χ0v) is 12.6. The van der Waals surface area contributed by atoms with Crippen LogP contribution in [0.4, 0.5) is 0 Å². The third-order valence-corrected chi connectivity index (χ3v) is 3.87. The van der Waals surface area contributed by atoms with E-state index >= 15 is 0 Å². The van der Waals surface area contributed by atoms with Gasteiger partial charge in [0.1, 0.15) is 0 Å². The van der Waals surface area contributed by atoms with Gasteiger partial charge in [0.15, 0.2) is 0 Å². The smallest absolute Gasteiger partial charge is 0.0591 e. The number of hydrogen-bond donors (Lipinski definition) is 1. The fraction of sp³-hybridized carbons (Fsp3) is 0.250. The van der Waals surface area contributed by atoms with E-state index in [9.17, 15) is 0 Å². The molecule has 100 valence electrons. The van der Waals surface area contributed by atoms with E-state index in [1.165, 1.54) is 11.1 Å². The van der Waals surface area contributed by atoms with Crippen molar-refractivity contribution in [1.29, 1.82) is 0 Å². The molecule has 0 heterocycles. The summed E-state index contributed by atoms with van der Waals surface area (Å²) >= 11 is 12.3. The summed E-state index contributed by atoms with van der Waals surface area (Å²) < 4.78 is 0. The van der Waals surface area contributed by atoms with Crippen molar-refractivity contribution in [3.05, 3.63) is 69.2 Å². The zero-order valence-electron chi connectivity index (χ0n) is 11.1. The molecule has 0 spiro atoms. The maximum atomic E-state index is 6.32. The maximum absolute atomic E-state index is 6.32. The van der Waals surface area contributed by atoms with Crippen molar-refractivity contribution in [2.75, 3.05) is 7.05 Å². The van der Waals surface area contributed by atoms with E-state index in [1.807, 2.05) is 19.2 Å². The maximum Gasteiger partial charge on any atom is 0.0591 e. The summed E-state index contributed by atoms with van der Waals surface area (Å²) in [6.07, 6.45) is 1.000. The normalized spacial score (nSPS) is 12.4. The average molecular weight is 294 g/mol. The van der Waals surface area contributed by atoms with Crippen LogP contribution in [0.15, 0.2) is 42.5 Å². The number of halogens is 2. The predicted molar refractivity (Wildman–Crippen MR) is 83.2 cm³/mol. The molecular weight excluding hydrogens is 277 g/mol. The predicted octanol–water partition coefficient (Wildman–Crippen LogP) is 4.86. The Bertz CT molecular complexity index is 566. The SMILES string of the molecule is CCc1ccccc1C(NC)c1ccc(Cl)cc1Cl. The lowest BCUT2D eigenvalue weighted by Gasteiger charge is -2.21. The summed E-state index contributed by atoms with van der Waals surface area (Å²) in [6.45, 7) is 2.16. The minimum absolute atomic E-state index is 0.0842. The van der Waals surface area contributed by atoms with Gasteiger partial charge < -0.3 is 5.32 Å². The highest BCUT2D eigenvalue weighted by Crippen LogP contribution is 2.31. The summed E-state index contributed by atoms with van der Waals surface area (Å²) in [6, 6.07) is 14.2. The average Bonchev–Trinajstić information content (AvgIpc) is 2.42. The van der Waals surface area contributed by atoms with Crippen LogP contribution in [0.1, 0.15) is 29.7 Å². The van der Waals surface area contributed by atoms with Gasteiger partial charge in [-0.3, -0.25) is 0 Å². The summed E-state index contributed by atoms with van der Waals surface area (Å²) in [5.41, 5.74) is 3.64. The van der Waals surface area contributed by atoms with Crippen molar-refractivity contribution in [2.45, 2.75) is 19.4 Å². The molecule has 0 aliphatic carbocycles. The Kier molecular flexibility index (Phi) is 4.87. The molecule has 0 saturated heterocycles. The van der Waals surface area contributed by atoms with Crippen LogP contribution >= 0.6 is 23.2 Å². The van der Waals surface area contributed by atoms with Gasteiger partial charge in [0, 0.05) is 10.0 Å². The van der Waals surface area contributed by atoms with E-state index in [2.05, 4.69) is 36.5 Å². The molecule has 19 heavy (non-hydrogen) atoms. The van der Waals surface area contributed by atoms with E-state index in [4.69, 9.17) is 23.2 Å². The van der Waals surface area contributed by atoms with Crippen molar-refractivity contribution in [3.63, 3.8) is 0 Å². The van der Waals surface area contributed by atoms with E-state index in [-0.39, 0.29) is 6.04 Å². The summed E-state index contributed by atoms with van der Waals surface area (Å²) in [5, 5.41) is 4.69. The Hall–Kier alpha value is -1.02. The Morgan fingerprint density at radius 3 is 2.42 bits per heavy atom. The molecule has 0 aliphatic rings. The largest absolute Gasteiger partial charge is 0.309 e. The third kappa shape index (κ3) is 3.11. The van der Waals surface area contributed by atoms with Crippen LogP contribution < -0.4 is 5.32 Å². The molecule has 1 nitrogen and oxygen atoms in total. The molecule has 0 fully saturated rings. The van der Waals surface area contributed by atoms with Gasteiger partial charge in [-0.05, 0) is 42.3 Å². The quantitative estimate of drug-likeness (QED) is 0.848. The zero-order chi connectivity index (χ0) is 13.8. The second-order valence-corrected chi connectivity index (χ2v) is 5.28. The Labute approximate surface area is 124 Å². The Balaban J connectivity index is 2.50. The van der Waals surface area contributed by atoms with Gasteiger partial charge in [-0.25, -0.2) is 0 Å². The Morgan fingerprint density at radius 1 is 1.05 bits per heavy atom. The van der Waals surface area contributed by atoms with Gasteiger partial charge in [0.2, 0.25) is 0 Å². The van der Waals surface area contributed by atoms with E-state index in [1.54, 1.807) is 6.07 Å². The highest BCUT2D eigenvalue weighted by molar-refractivity contribution is 6.35. The first-order chi connectivity index (χ1) is 9.17.